The van der Waals surface area contributed by atoms with Gasteiger partial charge in [0.25, 0.3) is 10.0 Å². The molecule has 1 aliphatic carbocycles. The van der Waals surface area contributed by atoms with Crippen LogP contribution in [0, 0.1) is 11.8 Å². The lowest BCUT2D eigenvalue weighted by Crippen LogP contribution is -2.38. The first kappa shape index (κ1) is 28.6. The van der Waals surface area contributed by atoms with E-state index in [0.717, 1.165) is 54.2 Å². The van der Waals surface area contributed by atoms with Crippen LogP contribution in [0.2, 0.25) is 0 Å². The highest BCUT2D eigenvalue weighted by Gasteiger charge is 2.37. The molecule has 4 aromatic rings. The summed E-state index contributed by atoms with van der Waals surface area (Å²) in [6.07, 6.45) is 14.1. The molecule has 14 heteroatoms. The molecule has 2 saturated heterocycles. The summed E-state index contributed by atoms with van der Waals surface area (Å²) in [5.41, 5.74) is 2.84. The molecule has 1 saturated carbocycles. The molecule has 3 N–H and O–H groups in total. The maximum absolute atomic E-state index is 12.6. The summed E-state index contributed by atoms with van der Waals surface area (Å²) in [7, 11) is -3.48. The van der Waals surface area contributed by atoms with E-state index in [4.69, 9.17) is 4.74 Å². The maximum atomic E-state index is 12.6. The molecule has 2 atom stereocenters. The van der Waals surface area contributed by atoms with E-state index >= 15 is 0 Å². The third-order valence-electron chi connectivity index (χ3n) is 8.14. The zero-order valence-corrected chi connectivity index (χ0v) is 24.8. The van der Waals surface area contributed by atoms with Crippen molar-refractivity contribution in [2.45, 2.75) is 62.0 Å². The van der Waals surface area contributed by atoms with E-state index in [2.05, 4.69) is 47.6 Å². The molecule has 3 fully saturated rings. The van der Waals surface area contributed by atoms with Crippen molar-refractivity contribution in [1.29, 1.82) is 0 Å². The summed E-state index contributed by atoms with van der Waals surface area (Å²) in [4.78, 5) is 13.5. The van der Waals surface area contributed by atoms with Gasteiger partial charge in [-0.25, -0.2) is 23.4 Å². The zero-order chi connectivity index (χ0) is 30.1. The van der Waals surface area contributed by atoms with Crippen molar-refractivity contribution in [1.82, 2.24) is 39.2 Å². The predicted molar refractivity (Wildman–Crippen MR) is 161 cm³/mol. The summed E-state index contributed by atoms with van der Waals surface area (Å²) >= 11 is 0. The molecule has 0 aromatic carbocycles. The molecular formula is C30H33N9O4S. The van der Waals surface area contributed by atoms with E-state index in [1.54, 1.807) is 24.7 Å². The first-order chi connectivity index (χ1) is 21.4. The number of piperidine rings is 1. The van der Waals surface area contributed by atoms with Crippen molar-refractivity contribution < 1.29 is 18.3 Å². The highest BCUT2D eigenvalue weighted by Crippen LogP contribution is 2.31. The molecule has 2 unspecified atom stereocenters. The molecule has 0 bridgehead atoms. The molecule has 0 spiro atoms. The molecule has 228 valence electrons. The summed E-state index contributed by atoms with van der Waals surface area (Å²) in [6.45, 7) is 2.27. The van der Waals surface area contributed by atoms with Gasteiger partial charge in [0.15, 0.2) is 5.82 Å². The van der Waals surface area contributed by atoms with E-state index in [9.17, 15) is 13.5 Å². The molecule has 0 radical (unpaired) electrons. The molecule has 13 nitrogen and oxygen atoms in total. The van der Waals surface area contributed by atoms with Gasteiger partial charge in [0.1, 0.15) is 11.6 Å². The number of ether oxygens (including phenoxy) is 1. The summed E-state index contributed by atoms with van der Waals surface area (Å²) in [6, 6.07) is 3.59. The van der Waals surface area contributed by atoms with Crippen molar-refractivity contribution in [2.24, 2.45) is 0 Å². The van der Waals surface area contributed by atoms with Crippen molar-refractivity contribution in [3.63, 3.8) is 0 Å². The largest absolute Gasteiger partial charge is 0.391 e. The van der Waals surface area contributed by atoms with Crippen LogP contribution in [-0.2, 0) is 14.8 Å². The van der Waals surface area contributed by atoms with Crippen molar-refractivity contribution >= 4 is 21.7 Å². The Morgan fingerprint density at radius 1 is 1.00 bits per heavy atom. The van der Waals surface area contributed by atoms with Crippen LogP contribution in [0.15, 0.2) is 49.3 Å². The van der Waals surface area contributed by atoms with Gasteiger partial charge in [-0.3, -0.25) is 4.68 Å². The van der Waals surface area contributed by atoms with E-state index in [0.29, 0.717) is 53.9 Å². The second-order valence-corrected chi connectivity index (χ2v) is 13.4. The van der Waals surface area contributed by atoms with Crippen molar-refractivity contribution in [3.8, 4) is 23.2 Å². The Hall–Kier alpha value is -4.16. The molecule has 7 rings (SSSR count). The van der Waals surface area contributed by atoms with Crippen LogP contribution < -0.4 is 10.6 Å². The number of hydrogen-bond acceptors (Lipinski definition) is 11. The minimum absolute atomic E-state index is 0.304. The fourth-order valence-corrected chi connectivity index (χ4v) is 7.03. The number of aliphatic hydroxyl groups is 1. The van der Waals surface area contributed by atoms with Crippen LogP contribution in [0.3, 0.4) is 0 Å². The smallest absolute Gasteiger partial charge is 0.256 e. The van der Waals surface area contributed by atoms with Gasteiger partial charge in [0, 0.05) is 37.4 Å². The fraction of sp³-hybridized carbons (Fsp3) is 0.433. The Kier molecular flexibility index (Phi) is 7.85. The maximum Gasteiger partial charge on any atom is 0.256 e. The van der Waals surface area contributed by atoms with Crippen LogP contribution in [0.5, 0.6) is 0 Å². The third kappa shape index (κ3) is 6.09. The van der Waals surface area contributed by atoms with Crippen molar-refractivity contribution in [3.05, 3.63) is 66.0 Å². The van der Waals surface area contributed by atoms with Gasteiger partial charge < -0.3 is 20.5 Å². The standard InChI is InChI=1S/C30H33N9O4S/c40-26-2-1-10-31-29(26)25-14-28(33-16-21(25)4-3-20-15-34-38(18-20)23-8-12-43-13-9-23)36-27-7-11-32-30(37-27)22-17-35-39(19-22)44(41,42)24-5-6-24/h7,11,14-19,23-24,26,29,31,40H,1-2,5-6,8-10,12-13H2,(H,32,33,36,37). The zero-order valence-electron chi connectivity index (χ0n) is 24.0. The second kappa shape index (κ2) is 12.1. The highest BCUT2D eigenvalue weighted by molar-refractivity contribution is 7.90. The quantitative estimate of drug-likeness (QED) is 0.262. The summed E-state index contributed by atoms with van der Waals surface area (Å²) < 4.78 is 33.6. The van der Waals surface area contributed by atoms with Gasteiger partial charge in [-0.2, -0.15) is 14.3 Å². The lowest BCUT2D eigenvalue weighted by atomic mass is 9.92. The average molecular weight is 616 g/mol. The lowest BCUT2D eigenvalue weighted by molar-refractivity contribution is 0.0662. The number of aliphatic hydroxyl groups excluding tert-OH is 1. The number of nitrogens with one attached hydrogen (secondary N) is 2. The third-order valence-corrected chi connectivity index (χ3v) is 10.2. The predicted octanol–water partition coefficient (Wildman–Crippen LogP) is 2.55. The topological polar surface area (TPSA) is 162 Å². The van der Waals surface area contributed by atoms with E-state index < -0.39 is 16.1 Å². The normalized spacial score (nSPS) is 21.0. The Bertz CT molecular complexity index is 1820. The second-order valence-electron chi connectivity index (χ2n) is 11.3. The van der Waals surface area contributed by atoms with Crippen LogP contribution in [-0.4, -0.2) is 78.6 Å². The summed E-state index contributed by atoms with van der Waals surface area (Å²) in [5, 5.41) is 25.7. The number of nitrogens with zero attached hydrogens (tertiary/aromatic N) is 7. The number of aromatic nitrogens is 7. The number of rotatable bonds is 7. The Morgan fingerprint density at radius 2 is 1.86 bits per heavy atom. The lowest BCUT2D eigenvalue weighted by Gasteiger charge is -2.30. The Labute approximate surface area is 255 Å². The number of anilines is 2. The van der Waals surface area contributed by atoms with E-state index in [-0.39, 0.29) is 11.3 Å². The monoisotopic (exact) mass is 615 g/mol. The minimum Gasteiger partial charge on any atom is -0.391 e. The Balaban J connectivity index is 1.14. The molecule has 2 aliphatic heterocycles. The number of pyridine rings is 1. The minimum atomic E-state index is -3.48. The van der Waals surface area contributed by atoms with Gasteiger partial charge in [-0.15, -0.1) is 0 Å². The van der Waals surface area contributed by atoms with Gasteiger partial charge in [0.2, 0.25) is 0 Å². The molecule has 6 heterocycles. The molecule has 3 aliphatic rings. The van der Waals surface area contributed by atoms with E-state index in [1.807, 2.05) is 16.9 Å². The SMILES string of the molecule is O=S(=O)(C1CC1)n1cc(-c2nccc(Nc3cc(C4NCCCC4O)c(C#Cc4cnn(C5CCOCC5)c4)cn3)n2)cn1. The molecule has 44 heavy (non-hydrogen) atoms. The van der Waals surface area contributed by atoms with Crippen LogP contribution in [0.4, 0.5) is 11.6 Å². The Morgan fingerprint density at radius 3 is 2.68 bits per heavy atom. The molecule has 0 amide bonds. The van der Waals surface area contributed by atoms with Crippen LogP contribution >= 0.6 is 0 Å². The van der Waals surface area contributed by atoms with Gasteiger partial charge >= 0.3 is 0 Å². The van der Waals surface area contributed by atoms with Gasteiger partial charge in [-0.1, -0.05) is 11.8 Å². The highest BCUT2D eigenvalue weighted by atomic mass is 32.2. The van der Waals surface area contributed by atoms with Crippen LogP contribution in [0.25, 0.3) is 11.4 Å². The first-order valence-electron chi connectivity index (χ1n) is 14.9. The van der Waals surface area contributed by atoms with Gasteiger partial charge in [0.05, 0.1) is 53.2 Å². The fourth-order valence-electron chi connectivity index (χ4n) is 5.56. The van der Waals surface area contributed by atoms with Crippen molar-refractivity contribution in [2.75, 3.05) is 25.1 Å². The molecule has 4 aromatic heterocycles. The first-order valence-corrected chi connectivity index (χ1v) is 16.4. The number of hydrogen-bond donors (Lipinski definition) is 3. The molecular weight excluding hydrogens is 582 g/mol. The van der Waals surface area contributed by atoms with E-state index in [1.165, 1.54) is 12.4 Å². The van der Waals surface area contributed by atoms with Gasteiger partial charge in [-0.05, 0) is 62.8 Å². The summed E-state index contributed by atoms with van der Waals surface area (Å²) in [5.74, 6) is 7.82. The average Bonchev–Trinajstić information content (AvgIpc) is 3.60. The van der Waals surface area contributed by atoms with Crippen LogP contribution in [0.1, 0.15) is 67.3 Å².